The van der Waals surface area contributed by atoms with Crippen LogP contribution in [0.1, 0.15) is 61.4 Å². The van der Waals surface area contributed by atoms with Gasteiger partial charge >= 0.3 is 5.97 Å². The minimum Gasteiger partial charge on any atom is -0.467 e. The summed E-state index contributed by atoms with van der Waals surface area (Å²) < 4.78 is 4.62. The molecule has 6 heteroatoms. The Hall–Kier alpha value is -2.37. The van der Waals surface area contributed by atoms with Crippen LogP contribution in [-0.2, 0) is 20.7 Å². The Kier molecular flexibility index (Phi) is 10.2. The third kappa shape index (κ3) is 8.71. The molecule has 2 amide bonds. The third-order valence-corrected chi connectivity index (χ3v) is 4.45. The zero-order chi connectivity index (χ0) is 20.2. The maximum Gasteiger partial charge on any atom is 0.328 e. The van der Waals surface area contributed by atoms with Gasteiger partial charge in [-0.1, -0.05) is 31.4 Å². The van der Waals surface area contributed by atoms with Gasteiger partial charge in [-0.05, 0) is 43.9 Å². The van der Waals surface area contributed by atoms with Gasteiger partial charge in [0.15, 0.2) is 0 Å². The second kappa shape index (κ2) is 12.1. The second-order valence-electron chi connectivity index (χ2n) is 6.97. The Balaban J connectivity index is 2.33. The van der Waals surface area contributed by atoms with Crippen LogP contribution < -0.4 is 5.32 Å². The van der Waals surface area contributed by atoms with Crippen molar-refractivity contribution in [2.75, 3.05) is 21.2 Å². The molecule has 0 bridgehead atoms. The Morgan fingerprint density at radius 2 is 1.74 bits per heavy atom. The molecule has 27 heavy (non-hydrogen) atoms. The van der Waals surface area contributed by atoms with Gasteiger partial charge in [0.05, 0.1) is 7.11 Å². The molecule has 0 aliphatic heterocycles. The predicted molar refractivity (Wildman–Crippen MR) is 105 cm³/mol. The molecule has 1 rings (SSSR count). The van der Waals surface area contributed by atoms with Crippen LogP contribution >= 0.6 is 0 Å². The van der Waals surface area contributed by atoms with Gasteiger partial charge in [-0.2, -0.15) is 0 Å². The molecule has 1 aromatic carbocycles. The Morgan fingerprint density at radius 1 is 1.07 bits per heavy atom. The van der Waals surface area contributed by atoms with E-state index >= 15 is 0 Å². The zero-order valence-corrected chi connectivity index (χ0v) is 16.9. The van der Waals surface area contributed by atoms with Gasteiger partial charge in [0, 0.05) is 26.1 Å². The molecule has 1 N–H and O–H groups in total. The van der Waals surface area contributed by atoms with Crippen LogP contribution in [0.2, 0.25) is 0 Å². The van der Waals surface area contributed by atoms with Crippen molar-refractivity contribution in [1.29, 1.82) is 0 Å². The highest BCUT2D eigenvalue weighted by Crippen LogP contribution is 2.12. The number of unbranched alkanes of at least 4 members (excludes halogenated alkanes) is 4. The van der Waals surface area contributed by atoms with Crippen LogP contribution in [-0.4, -0.2) is 49.9 Å². The maximum atomic E-state index is 12.2. The van der Waals surface area contributed by atoms with Gasteiger partial charge in [-0.3, -0.25) is 9.59 Å². The number of methoxy groups -OCH3 is 1. The van der Waals surface area contributed by atoms with Crippen molar-refractivity contribution in [2.24, 2.45) is 0 Å². The first-order chi connectivity index (χ1) is 12.8. The van der Waals surface area contributed by atoms with Gasteiger partial charge < -0.3 is 15.0 Å². The molecule has 1 atom stereocenters. The number of nitrogens with one attached hydrogen (secondary N) is 1. The van der Waals surface area contributed by atoms with E-state index in [-0.39, 0.29) is 11.8 Å². The van der Waals surface area contributed by atoms with E-state index in [1.54, 1.807) is 32.0 Å². The molecule has 0 heterocycles. The van der Waals surface area contributed by atoms with E-state index in [2.05, 4.69) is 10.1 Å². The number of ether oxygens (including phenoxy) is 1. The van der Waals surface area contributed by atoms with Crippen LogP contribution in [0.3, 0.4) is 0 Å². The van der Waals surface area contributed by atoms with E-state index in [1.165, 1.54) is 7.11 Å². The SMILES string of the molecule is COC(=O)[C@@H](C)NC(=O)c1cccc(CCCCCCCC(=O)N(C)C)c1. The third-order valence-electron chi connectivity index (χ3n) is 4.45. The average molecular weight is 376 g/mol. The van der Waals surface area contributed by atoms with E-state index in [9.17, 15) is 14.4 Å². The van der Waals surface area contributed by atoms with Crippen molar-refractivity contribution in [3.8, 4) is 0 Å². The monoisotopic (exact) mass is 376 g/mol. The lowest BCUT2D eigenvalue weighted by atomic mass is 10.0. The summed E-state index contributed by atoms with van der Waals surface area (Å²) in [6.45, 7) is 1.60. The van der Waals surface area contributed by atoms with Crippen molar-refractivity contribution in [3.63, 3.8) is 0 Å². The number of benzene rings is 1. The molecule has 0 radical (unpaired) electrons. The first-order valence-corrected chi connectivity index (χ1v) is 9.53. The largest absolute Gasteiger partial charge is 0.467 e. The summed E-state index contributed by atoms with van der Waals surface area (Å²) in [5, 5.41) is 2.64. The van der Waals surface area contributed by atoms with Gasteiger partial charge in [0.2, 0.25) is 5.91 Å². The van der Waals surface area contributed by atoms with E-state index in [1.807, 2.05) is 18.2 Å². The number of hydrogen-bond donors (Lipinski definition) is 1. The van der Waals surface area contributed by atoms with Gasteiger partial charge in [-0.15, -0.1) is 0 Å². The number of amides is 2. The highest BCUT2D eigenvalue weighted by atomic mass is 16.5. The molecule has 0 saturated heterocycles. The van der Waals surface area contributed by atoms with Crippen LogP contribution in [0.15, 0.2) is 24.3 Å². The number of carbonyl (C=O) groups excluding carboxylic acids is 3. The first kappa shape index (κ1) is 22.7. The van der Waals surface area contributed by atoms with E-state index in [0.29, 0.717) is 12.0 Å². The standard InChI is InChI=1S/C21H32N2O4/c1-16(21(26)27-4)22-20(25)18-13-10-12-17(15-18)11-8-6-5-7-9-14-19(24)23(2)3/h10,12-13,15-16H,5-9,11,14H2,1-4H3,(H,22,25)/t16-/m1/s1. The molecule has 1 aromatic rings. The van der Waals surface area contributed by atoms with Crippen LogP contribution in [0.4, 0.5) is 0 Å². The average Bonchev–Trinajstić information content (AvgIpc) is 2.66. The predicted octanol–water partition coefficient (Wildman–Crippen LogP) is 2.95. The summed E-state index contributed by atoms with van der Waals surface area (Å²) in [5.41, 5.74) is 1.65. The Morgan fingerprint density at radius 3 is 2.41 bits per heavy atom. The lowest BCUT2D eigenvalue weighted by molar-refractivity contribution is -0.142. The van der Waals surface area contributed by atoms with E-state index in [0.717, 1.165) is 44.1 Å². The molecule has 0 fully saturated rings. The number of esters is 1. The number of rotatable bonds is 11. The van der Waals surface area contributed by atoms with Crippen molar-refractivity contribution in [1.82, 2.24) is 10.2 Å². The van der Waals surface area contributed by atoms with Crippen molar-refractivity contribution in [2.45, 2.75) is 57.9 Å². The fraction of sp³-hybridized carbons (Fsp3) is 0.571. The quantitative estimate of drug-likeness (QED) is 0.476. The smallest absolute Gasteiger partial charge is 0.328 e. The molecular weight excluding hydrogens is 344 g/mol. The molecule has 0 aliphatic rings. The highest BCUT2D eigenvalue weighted by Gasteiger charge is 2.16. The van der Waals surface area contributed by atoms with Gasteiger partial charge in [-0.25, -0.2) is 4.79 Å². The maximum absolute atomic E-state index is 12.2. The van der Waals surface area contributed by atoms with Crippen molar-refractivity contribution >= 4 is 17.8 Å². The summed E-state index contributed by atoms with van der Waals surface area (Å²) in [4.78, 5) is 36.8. The summed E-state index contributed by atoms with van der Waals surface area (Å²) >= 11 is 0. The summed E-state index contributed by atoms with van der Waals surface area (Å²) in [5.74, 6) is -0.557. The summed E-state index contributed by atoms with van der Waals surface area (Å²) in [6.07, 6.45) is 6.78. The number of aryl methyl sites for hydroxylation is 1. The van der Waals surface area contributed by atoms with Crippen LogP contribution in [0.25, 0.3) is 0 Å². The van der Waals surface area contributed by atoms with Gasteiger partial charge in [0.25, 0.3) is 5.91 Å². The van der Waals surface area contributed by atoms with Crippen molar-refractivity contribution in [3.05, 3.63) is 35.4 Å². The molecule has 0 aromatic heterocycles. The zero-order valence-electron chi connectivity index (χ0n) is 16.9. The highest BCUT2D eigenvalue weighted by molar-refractivity contribution is 5.96. The Bertz CT molecular complexity index is 628. The fourth-order valence-corrected chi connectivity index (χ4v) is 2.74. The molecule has 150 valence electrons. The second-order valence-corrected chi connectivity index (χ2v) is 6.97. The van der Waals surface area contributed by atoms with Gasteiger partial charge in [0.1, 0.15) is 6.04 Å². The number of hydrogen-bond acceptors (Lipinski definition) is 4. The first-order valence-electron chi connectivity index (χ1n) is 9.53. The summed E-state index contributed by atoms with van der Waals surface area (Å²) in [6, 6.07) is 6.81. The van der Waals surface area contributed by atoms with E-state index < -0.39 is 12.0 Å². The molecule has 6 nitrogen and oxygen atoms in total. The molecule has 0 aliphatic carbocycles. The Labute approximate surface area is 162 Å². The fourth-order valence-electron chi connectivity index (χ4n) is 2.74. The molecule has 0 unspecified atom stereocenters. The molecule has 0 saturated carbocycles. The minimum absolute atomic E-state index is 0.187. The normalized spacial score (nSPS) is 11.6. The lowest BCUT2D eigenvalue weighted by Gasteiger charge is -2.12. The molecular formula is C21H32N2O4. The molecule has 0 spiro atoms. The number of nitrogens with zero attached hydrogens (tertiary/aromatic N) is 1. The number of carbonyl (C=O) groups is 3. The van der Waals surface area contributed by atoms with Crippen LogP contribution in [0.5, 0.6) is 0 Å². The minimum atomic E-state index is -0.675. The van der Waals surface area contributed by atoms with Crippen LogP contribution in [0, 0.1) is 0 Å². The topological polar surface area (TPSA) is 75.7 Å². The summed E-state index contributed by atoms with van der Waals surface area (Å²) in [7, 11) is 4.87. The van der Waals surface area contributed by atoms with E-state index in [4.69, 9.17) is 0 Å². The lowest BCUT2D eigenvalue weighted by Crippen LogP contribution is -2.39. The van der Waals surface area contributed by atoms with Crippen molar-refractivity contribution < 1.29 is 19.1 Å².